The Morgan fingerprint density at radius 1 is 1.18 bits per heavy atom. The van der Waals surface area contributed by atoms with Gasteiger partial charge in [-0.15, -0.1) is 0 Å². The number of hydrogen-bond donors (Lipinski definition) is 2. The molecule has 3 heteroatoms. The van der Waals surface area contributed by atoms with Gasteiger partial charge in [-0.1, -0.05) is 29.8 Å². The summed E-state index contributed by atoms with van der Waals surface area (Å²) in [7, 11) is 1.88. The van der Waals surface area contributed by atoms with Crippen molar-refractivity contribution in [2.75, 3.05) is 20.1 Å². The molecule has 0 fully saturated rings. The van der Waals surface area contributed by atoms with Crippen LogP contribution in [-0.2, 0) is 11.2 Å². The van der Waals surface area contributed by atoms with Crippen LogP contribution in [0.15, 0.2) is 24.3 Å². The molecular formula is C14H22N2O. The quantitative estimate of drug-likeness (QED) is 0.704. The molecule has 1 aromatic carbocycles. The average Bonchev–Trinajstić information content (AvgIpc) is 2.32. The topological polar surface area (TPSA) is 41.1 Å². The summed E-state index contributed by atoms with van der Waals surface area (Å²) in [6.07, 6.45) is 2.49. The minimum Gasteiger partial charge on any atom is -0.355 e. The lowest BCUT2D eigenvalue weighted by Crippen LogP contribution is -2.30. The number of likely N-dealkylation sites (N-methyl/N-ethyl adjacent to an activating group) is 1. The van der Waals surface area contributed by atoms with Gasteiger partial charge in [-0.05, 0) is 32.4 Å². The normalized spacial score (nSPS) is 10.2. The molecule has 0 spiro atoms. The highest BCUT2D eigenvalue weighted by Crippen LogP contribution is 2.06. The molecule has 1 amide bonds. The molecule has 0 saturated carbocycles. The number of rotatable bonds is 7. The molecule has 0 heterocycles. The summed E-state index contributed by atoms with van der Waals surface area (Å²) in [5, 5.41) is 5.87. The van der Waals surface area contributed by atoms with Crippen LogP contribution in [0.2, 0.25) is 0 Å². The predicted octanol–water partition coefficient (Wildman–Crippen LogP) is 1.65. The number of aryl methyl sites for hydroxylation is 2. The first-order valence-corrected chi connectivity index (χ1v) is 6.19. The van der Waals surface area contributed by atoms with Gasteiger partial charge in [-0.25, -0.2) is 0 Å². The lowest BCUT2D eigenvalue weighted by Gasteiger charge is -2.05. The maximum Gasteiger partial charge on any atom is 0.220 e. The zero-order chi connectivity index (χ0) is 12.5. The Kier molecular flexibility index (Phi) is 6.33. The Hall–Kier alpha value is -1.35. The standard InChI is InChI=1S/C14H22N2O/c1-12-6-8-13(9-7-12)4-3-5-14(17)16-11-10-15-2/h6-9,15H,3-5,10-11H2,1-2H3,(H,16,17). The molecule has 17 heavy (non-hydrogen) atoms. The highest BCUT2D eigenvalue weighted by atomic mass is 16.1. The second kappa shape index (κ2) is 7.85. The highest BCUT2D eigenvalue weighted by Gasteiger charge is 2.00. The molecule has 1 aromatic rings. The number of hydrogen-bond acceptors (Lipinski definition) is 2. The summed E-state index contributed by atoms with van der Waals surface area (Å²) in [5.41, 5.74) is 2.58. The van der Waals surface area contributed by atoms with E-state index in [1.165, 1.54) is 11.1 Å². The molecule has 94 valence electrons. The SMILES string of the molecule is CNCCNC(=O)CCCc1ccc(C)cc1. The Bertz CT molecular complexity index is 333. The molecule has 0 saturated heterocycles. The molecule has 0 bridgehead atoms. The third-order valence-electron chi connectivity index (χ3n) is 2.69. The van der Waals surface area contributed by atoms with Crippen LogP contribution in [0.1, 0.15) is 24.0 Å². The van der Waals surface area contributed by atoms with Crippen LogP contribution < -0.4 is 10.6 Å². The van der Waals surface area contributed by atoms with Gasteiger partial charge in [0.2, 0.25) is 5.91 Å². The molecule has 0 unspecified atom stereocenters. The fraction of sp³-hybridized carbons (Fsp3) is 0.500. The summed E-state index contributed by atoms with van der Waals surface area (Å²) < 4.78 is 0. The van der Waals surface area contributed by atoms with E-state index < -0.39 is 0 Å². The summed E-state index contributed by atoms with van der Waals surface area (Å²) in [5.74, 6) is 0.146. The van der Waals surface area contributed by atoms with Crippen LogP contribution in [0.5, 0.6) is 0 Å². The Morgan fingerprint density at radius 3 is 2.53 bits per heavy atom. The van der Waals surface area contributed by atoms with Gasteiger partial charge in [-0.3, -0.25) is 4.79 Å². The first kappa shape index (κ1) is 13.7. The van der Waals surface area contributed by atoms with Gasteiger partial charge in [0.15, 0.2) is 0 Å². The first-order chi connectivity index (χ1) is 8.22. The van der Waals surface area contributed by atoms with Crippen molar-refractivity contribution in [3.8, 4) is 0 Å². The van der Waals surface area contributed by atoms with E-state index in [0.29, 0.717) is 13.0 Å². The van der Waals surface area contributed by atoms with E-state index in [2.05, 4.69) is 41.8 Å². The molecule has 0 aliphatic heterocycles. The van der Waals surface area contributed by atoms with E-state index in [9.17, 15) is 4.79 Å². The number of nitrogens with one attached hydrogen (secondary N) is 2. The van der Waals surface area contributed by atoms with Crippen LogP contribution in [0, 0.1) is 6.92 Å². The maximum atomic E-state index is 11.4. The van der Waals surface area contributed by atoms with Gasteiger partial charge in [0.05, 0.1) is 0 Å². The fourth-order valence-corrected chi connectivity index (χ4v) is 1.62. The molecule has 0 aromatic heterocycles. The van der Waals surface area contributed by atoms with Gasteiger partial charge in [-0.2, -0.15) is 0 Å². The monoisotopic (exact) mass is 234 g/mol. The van der Waals surface area contributed by atoms with E-state index in [4.69, 9.17) is 0 Å². The van der Waals surface area contributed by atoms with Gasteiger partial charge < -0.3 is 10.6 Å². The van der Waals surface area contributed by atoms with Crippen LogP contribution >= 0.6 is 0 Å². The maximum absolute atomic E-state index is 11.4. The molecule has 0 atom stereocenters. The molecule has 1 rings (SSSR count). The van der Waals surface area contributed by atoms with Crippen molar-refractivity contribution in [3.63, 3.8) is 0 Å². The summed E-state index contributed by atoms with van der Waals surface area (Å²) >= 11 is 0. The van der Waals surface area contributed by atoms with Crippen molar-refractivity contribution in [2.24, 2.45) is 0 Å². The fourth-order valence-electron chi connectivity index (χ4n) is 1.62. The van der Waals surface area contributed by atoms with Crippen molar-refractivity contribution >= 4 is 5.91 Å². The average molecular weight is 234 g/mol. The third kappa shape index (κ3) is 6.07. The zero-order valence-electron chi connectivity index (χ0n) is 10.8. The lowest BCUT2D eigenvalue weighted by molar-refractivity contribution is -0.121. The highest BCUT2D eigenvalue weighted by molar-refractivity contribution is 5.75. The van der Waals surface area contributed by atoms with Crippen molar-refractivity contribution in [2.45, 2.75) is 26.2 Å². The second-order valence-corrected chi connectivity index (χ2v) is 4.29. The van der Waals surface area contributed by atoms with E-state index in [1.807, 2.05) is 7.05 Å². The first-order valence-electron chi connectivity index (χ1n) is 6.19. The molecule has 0 radical (unpaired) electrons. The van der Waals surface area contributed by atoms with E-state index in [1.54, 1.807) is 0 Å². The summed E-state index contributed by atoms with van der Waals surface area (Å²) in [6, 6.07) is 8.49. The number of carbonyl (C=O) groups excluding carboxylic acids is 1. The van der Waals surface area contributed by atoms with Gasteiger partial charge in [0.25, 0.3) is 0 Å². The molecule has 3 nitrogen and oxygen atoms in total. The Balaban J connectivity index is 2.14. The van der Waals surface area contributed by atoms with Crippen molar-refractivity contribution < 1.29 is 4.79 Å². The minimum absolute atomic E-state index is 0.146. The van der Waals surface area contributed by atoms with E-state index >= 15 is 0 Å². The van der Waals surface area contributed by atoms with Crippen molar-refractivity contribution in [1.29, 1.82) is 0 Å². The minimum atomic E-state index is 0.146. The number of carbonyl (C=O) groups is 1. The van der Waals surface area contributed by atoms with Crippen LogP contribution in [-0.4, -0.2) is 26.0 Å². The predicted molar refractivity (Wildman–Crippen MR) is 71.1 cm³/mol. The third-order valence-corrected chi connectivity index (χ3v) is 2.69. The lowest BCUT2D eigenvalue weighted by atomic mass is 10.1. The van der Waals surface area contributed by atoms with Crippen molar-refractivity contribution in [1.82, 2.24) is 10.6 Å². The van der Waals surface area contributed by atoms with Gasteiger partial charge in [0.1, 0.15) is 0 Å². The molecule has 0 aliphatic carbocycles. The molecular weight excluding hydrogens is 212 g/mol. The van der Waals surface area contributed by atoms with Gasteiger partial charge in [0, 0.05) is 19.5 Å². The zero-order valence-corrected chi connectivity index (χ0v) is 10.8. The smallest absolute Gasteiger partial charge is 0.220 e. The molecule has 2 N–H and O–H groups in total. The van der Waals surface area contributed by atoms with Crippen LogP contribution in [0.25, 0.3) is 0 Å². The molecule has 0 aliphatic rings. The van der Waals surface area contributed by atoms with Crippen LogP contribution in [0.3, 0.4) is 0 Å². The Morgan fingerprint density at radius 2 is 1.88 bits per heavy atom. The van der Waals surface area contributed by atoms with E-state index in [0.717, 1.165) is 19.4 Å². The van der Waals surface area contributed by atoms with Crippen molar-refractivity contribution in [3.05, 3.63) is 35.4 Å². The summed E-state index contributed by atoms with van der Waals surface area (Å²) in [4.78, 5) is 11.4. The van der Waals surface area contributed by atoms with E-state index in [-0.39, 0.29) is 5.91 Å². The summed E-state index contributed by atoms with van der Waals surface area (Å²) in [6.45, 7) is 3.61. The second-order valence-electron chi connectivity index (χ2n) is 4.29. The largest absolute Gasteiger partial charge is 0.355 e. The van der Waals surface area contributed by atoms with Gasteiger partial charge >= 0.3 is 0 Å². The number of amides is 1. The number of benzene rings is 1. The Labute approximate surface area is 104 Å². The van der Waals surface area contributed by atoms with Crippen LogP contribution in [0.4, 0.5) is 0 Å².